The summed E-state index contributed by atoms with van der Waals surface area (Å²) in [5.74, 6) is 0.446. The molecule has 0 bridgehead atoms. The van der Waals surface area contributed by atoms with Gasteiger partial charge in [0.05, 0.1) is 42.6 Å². The van der Waals surface area contributed by atoms with Crippen LogP contribution in [-0.4, -0.2) is 52.7 Å². The summed E-state index contributed by atoms with van der Waals surface area (Å²) in [6.07, 6.45) is 7.86. The summed E-state index contributed by atoms with van der Waals surface area (Å²) in [7, 11) is 4.84. The molecule has 41 heavy (non-hydrogen) atoms. The fourth-order valence-electron chi connectivity index (χ4n) is 4.94. The number of anilines is 2. The molecule has 0 unspecified atom stereocenters. The third kappa shape index (κ3) is 5.54. The zero-order chi connectivity index (χ0) is 28.9. The molecule has 2 heterocycles. The molecule has 0 fully saturated rings. The van der Waals surface area contributed by atoms with E-state index in [0.717, 1.165) is 70.7 Å². The quantitative estimate of drug-likeness (QED) is 0.214. The number of nitrogens with zero attached hydrogens (tertiary/aromatic N) is 5. The van der Waals surface area contributed by atoms with E-state index < -0.39 is 5.97 Å². The van der Waals surface area contributed by atoms with Crippen molar-refractivity contribution in [3.05, 3.63) is 77.2 Å². The summed E-state index contributed by atoms with van der Waals surface area (Å²) in [6, 6.07) is 13.3. The number of benzene rings is 2. The van der Waals surface area contributed by atoms with Crippen LogP contribution in [0.4, 0.5) is 11.6 Å². The SMILES string of the molecule is CCCN=C/C(=C\N)c1ccc(-c2c3c(nn2C)CCc2cnc(Nc4ccc(C(=O)OC)cc4OC)nc2-3)cc1.[HH]. The molecule has 0 spiro atoms. The minimum atomic E-state index is -0.440. The number of methoxy groups -OCH3 is 2. The zero-order valence-electron chi connectivity index (χ0n) is 23.6. The van der Waals surface area contributed by atoms with Crippen molar-refractivity contribution in [1.29, 1.82) is 0 Å². The molecule has 1 aliphatic carbocycles. The first-order valence-corrected chi connectivity index (χ1v) is 13.4. The number of aromatic nitrogens is 4. The molecule has 5 rings (SSSR count). The first-order valence-electron chi connectivity index (χ1n) is 13.4. The molecular formula is C31H35N7O3. The lowest BCUT2D eigenvalue weighted by atomic mass is 9.91. The smallest absolute Gasteiger partial charge is 0.337 e. The van der Waals surface area contributed by atoms with Crippen LogP contribution in [-0.2, 0) is 24.6 Å². The number of ether oxygens (including phenoxy) is 2. The lowest BCUT2D eigenvalue weighted by molar-refractivity contribution is 0.0600. The Labute approximate surface area is 240 Å². The number of esters is 1. The van der Waals surface area contributed by atoms with Gasteiger partial charge in [-0.15, -0.1) is 0 Å². The fraction of sp³-hybridized carbons (Fsp3) is 0.258. The number of nitrogens with one attached hydrogen (secondary N) is 1. The maximum Gasteiger partial charge on any atom is 0.337 e. The zero-order valence-corrected chi connectivity index (χ0v) is 23.6. The van der Waals surface area contributed by atoms with Crippen LogP contribution in [0.25, 0.3) is 28.1 Å². The van der Waals surface area contributed by atoms with E-state index in [0.29, 0.717) is 22.9 Å². The lowest BCUT2D eigenvalue weighted by Crippen LogP contribution is -2.09. The third-order valence-electron chi connectivity index (χ3n) is 6.98. The first-order chi connectivity index (χ1) is 20.0. The number of aryl methyl sites for hydroxylation is 3. The molecule has 0 saturated heterocycles. The number of nitrogens with two attached hydrogens (primary N) is 1. The maximum absolute atomic E-state index is 12.0. The van der Waals surface area contributed by atoms with Crippen molar-refractivity contribution >= 4 is 29.4 Å². The Hall–Kier alpha value is -4.99. The van der Waals surface area contributed by atoms with Crippen molar-refractivity contribution in [2.75, 3.05) is 26.1 Å². The number of carbonyl (C=O) groups excluding carboxylic acids is 1. The minimum absolute atomic E-state index is 0. The number of allylic oxidation sites excluding steroid dienone is 1. The standard InChI is InChI=1S/C31H33N7O3.H2/c1-5-14-33-17-23(16-32)19-6-8-20(9-7-19)29-27-25(37-38(29)2)13-11-22-18-34-31(36-28(22)27)35-24-12-10-21(30(39)41-4)15-26(24)40-3;/h6-10,12,15-18H,5,11,13-14,32H2,1-4H3,(H,34,35,36);1H/b23-16+,33-17?;. The second kappa shape index (κ2) is 12.0. The molecule has 10 nitrogen and oxygen atoms in total. The van der Waals surface area contributed by atoms with Crippen molar-refractivity contribution < 1.29 is 15.7 Å². The van der Waals surface area contributed by atoms with Crippen LogP contribution >= 0.6 is 0 Å². The van der Waals surface area contributed by atoms with Crippen molar-refractivity contribution in [1.82, 2.24) is 19.7 Å². The number of aliphatic imine (C=N–C) groups is 1. The minimum Gasteiger partial charge on any atom is -0.495 e. The Kier molecular flexibility index (Phi) is 8.09. The van der Waals surface area contributed by atoms with Gasteiger partial charge in [0.25, 0.3) is 0 Å². The van der Waals surface area contributed by atoms with Gasteiger partial charge in [0, 0.05) is 50.3 Å². The van der Waals surface area contributed by atoms with E-state index in [2.05, 4.69) is 34.3 Å². The predicted octanol–water partition coefficient (Wildman–Crippen LogP) is 5.21. The highest BCUT2D eigenvalue weighted by Gasteiger charge is 2.27. The van der Waals surface area contributed by atoms with Crippen LogP contribution in [0.5, 0.6) is 5.75 Å². The van der Waals surface area contributed by atoms with Gasteiger partial charge >= 0.3 is 5.97 Å². The van der Waals surface area contributed by atoms with Gasteiger partial charge in [0.1, 0.15) is 5.75 Å². The molecule has 10 heteroatoms. The Morgan fingerprint density at radius 3 is 2.66 bits per heavy atom. The molecule has 2 aromatic heterocycles. The fourth-order valence-corrected chi connectivity index (χ4v) is 4.94. The van der Waals surface area contributed by atoms with Crippen LogP contribution in [0.2, 0.25) is 0 Å². The molecule has 2 aromatic carbocycles. The molecule has 0 radical (unpaired) electrons. The Balaban J connectivity index is 0.00000405. The molecular weight excluding hydrogens is 518 g/mol. The highest BCUT2D eigenvalue weighted by molar-refractivity contribution is 6.09. The van der Waals surface area contributed by atoms with Gasteiger partial charge in [0.15, 0.2) is 0 Å². The molecule has 212 valence electrons. The highest BCUT2D eigenvalue weighted by atomic mass is 16.5. The topological polar surface area (TPSA) is 130 Å². The summed E-state index contributed by atoms with van der Waals surface area (Å²) < 4.78 is 12.2. The molecule has 1 aliphatic rings. The van der Waals surface area contributed by atoms with Crippen molar-refractivity contribution in [2.24, 2.45) is 17.8 Å². The van der Waals surface area contributed by atoms with E-state index in [-0.39, 0.29) is 1.43 Å². The molecule has 3 N–H and O–H groups in total. The van der Waals surface area contributed by atoms with E-state index in [9.17, 15) is 4.79 Å². The number of carbonyl (C=O) groups is 1. The van der Waals surface area contributed by atoms with Crippen LogP contribution in [0, 0.1) is 0 Å². The van der Waals surface area contributed by atoms with Crippen LogP contribution in [0.15, 0.2) is 59.9 Å². The van der Waals surface area contributed by atoms with Crippen LogP contribution < -0.4 is 15.8 Å². The number of rotatable bonds is 9. The molecule has 0 saturated carbocycles. The monoisotopic (exact) mass is 553 g/mol. The molecule has 4 aromatic rings. The average molecular weight is 554 g/mol. The van der Waals surface area contributed by atoms with Gasteiger partial charge < -0.3 is 20.5 Å². The summed E-state index contributed by atoms with van der Waals surface area (Å²) in [6.45, 7) is 2.86. The van der Waals surface area contributed by atoms with Crippen LogP contribution in [0.1, 0.15) is 42.0 Å². The van der Waals surface area contributed by atoms with Gasteiger partial charge in [-0.1, -0.05) is 31.2 Å². The van der Waals surface area contributed by atoms with E-state index in [1.165, 1.54) is 7.11 Å². The highest BCUT2D eigenvalue weighted by Crippen LogP contribution is 2.40. The largest absolute Gasteiger partial charge is 0.495 e. The van der Waals surface area contributed by atoms with Gasteiger partial charge in [-0.3, -0.25) is 9.67 Å². The van der Waals surface area contributed by atoms with Gasteiger partial charge in [-0.2, -0.15) is 5.10 Å². The van der Waals surface area contributed by atoms with Crippen LogP contribution in [0.3, 0.4) is 0 Å². The van der Waals surface area contributed by atoms with E-state index in [1.807, 2.05) is 36.3 Å². The summed E-state index contributed by atoms with van der Waals surface area (Å²) in [5.41, 5.74) is 14.7. The number of fused-ring (bicyclic) bond motifs is 3. The van der Waals surface area contributed by atoms with Crippen molar-refractivity contribution in [3.8, 4) is 28.3 Å². The van der Waals surface area contributed by atoms with E-state index in [4.69, 9.17) is 25.3 Å². The summed E-state index contributed by atoms with van der Waals surface area (Å²) >= 11 is 0. The molecule has 0 amide bonds. The van der Waals surface area contributed by atoms with E-state index in [1.54, 1.807) is 31.5 Å². The summed E-state index contributed by atoms with van der Waals surface area (Å²) in [4.78, 5) is 25.9. The normalized spacial score (nSPS) is 12.6. The number of hydrogen-bond acceptors (Lipinski definition) is 9. The third-order valence-corrected chi connectivity index (χ3v) is 6.98. The Morgan fingerprint density at radius 2 is 1.95 bits per heavy atom. The number of hydrogen-bond donors (Lipinski definition) is 2. The summed E-state index contributed by atoms with van der Waals surface area (Å²) in [5, 5.41) is 8.09. The Morgan fingerprint density at radius 1 is 1.17 bits per heavy atom. The predicted molar refractivity (Wildman–Crippen MR) is 163 cm³/mol. The van der Waals surface area contributed by atoms with E-state index >= 15 is 0 Å². The van der Waals surface area contributed by atoms with Gasteiger partial charge in [-0.25, -0.2) is 14.8 Å². The van der Waals surface area contributed by atoms with Gasteiger partial charge in [-0.05, 0) is 48.6 Å². The average Bonchev–Trinajstić information content (AvgIpc) is 3.35. The maximum atomic E-state index is 12.0. The molecule has 0 aliphatic heterocycles. The van der Waals surface area contributed by atoms with Gasteiger partial charge in [0.2, 0.25) is 5.95 Å². The van der Waals surface area contributed by atoms with Crippen molar-refractivity contribution in [2.45, 2.75) is 26.2 Å². The first kappa shape index (κ1) is 27.6. The Bertz CT molecular complexity index is 1650. The second-order valence-electron chi connectivity index (χ2n) is 9.63. The lowest BCUT2D eigenvalue weighted by Gasteiger charge is -2.18. The van der Waals surface area contributed by atoms with Crippen molar-refractivity contribution in [3.63, 3.8) is 0 Å². The second-order valence-corrected chi connectivity index (χ2v) is 9.63. The molecule has 0 atom stereocenters.